The van der Waals surface area contributed by atoms with E-state index in [4.69, 9.17) is 18.9 Å². The third-order valence-electron chi connectivity index (χ3n) is 4.11. The van der Waals surface area contributed by atoms with E-state index in [1.54, 1.807) is 0 Å². The normalized spacial score (nSPS) is 12.0. The van der Waals surface area contributed by atoms with E-state index < -0.39 is 32.5 Å². The maximum atomic E-state index is 12.6. The van der Waals surface area contributed by atoms with E-state index >= 15 is 0 Å². The zero-order chi connectivity index (χ0) is 22.5. The number of hydrogen-bond acceptors (Lipinski definition) is 9. The zero-order valence-corrected chi connectivity index (χ0v) is 17.6. The molecule has 0 radical (unpaired) electrons. The summed E-state index contributed by atoms with van der Waals surface area (Å²) in [5.74, 6) is -0.0314. The van der Waals surface area contributed by atoms with Gasteiger partial charge in [0.1, 0.15) is 23.4 Å². The molecule has 1 unspecified atom stereocenters. The van der Waals surface area contributed by atoms with Crippen molar-refractivity contribution in [3.05, 3.63) is 46.0 Å². The standard InChI is InChI=1S/C18H22N2O9S/c1-26-12-8-16(28-3)18(17(9-12)29-4)14(21)10-30(24,25)19-11-5-6-15(27-2)13(7-11)20(22)23/h5-9,14,19,21H,10H2,1-4H3. The van der Waals surface area contributed by atoms with Crippen LogP contribution in [0, 0.1) is 10.1 Å². The number of nitrogens with one attached hydrogen (secondary N) is 1. The molecule has 1 atom stereocenters. The monoisotopic (exact) mass is 442 g/mol. The van der Waals surface area contributed by atoms with Gasteiger partial charge in [-0.2, -0.15) is 0 Å². The third kappa shape index (κ3) is 5.21. The van der Waals surface area contributed by atoms with Crippen LogP contribution in [0.3, 0.4) is 0 Å². The molecule has 0 aliphatic carbocycles. The van der Waals surface area contributed by atoms with Crippen LogP contribution in [0.15, 0.2) is 30.3 Å². The largest absolute Gasteiger partial charge is 0.496 e. The number of nitrogens with zero attached hydrogens (tertiary/aromatic N) is 1. The van der Waals surface area contributed by atoms with Crippen LogP contribution >= 0.6 is 0 Å². The van der Waals surface area contributed by atoms with Crippen molar-refractivity contribution < 1.29 is 37.4 Å². The summed E-state index contributed by atoms with van der Waals surface area (Å²) in [6.07, 6.45) is -1.52. The van der Waals surface area contributed by atoms with Crippen molar-refractivity contribution in [1.82, 2.24) is 0 Å². The van der Waals surface area contributed by atoms with E-state index in [1.807, 2.05) is 0 Å². The van der Waals surface area contributed by atoms with Crippen LogP contribution in [0.25, 0.3) is 0 Å². The van der Waals surface area contributed by atoms with E-state index in [-0.39, 0.29) is 28.5 Å². The van der Waals surface area contributed by atoms with Crippen molar-refractivity contribution in [2.24, 2.45) is 0 Å². The molecule has 0 bridgehead atoms. The lowest BCUT2D eigenvalue weighted by molar-refractivity contribution is -0.385. The Morgan fingerprint density at radius 2 is 1.57 bits per heavy atom. The number of nitro groups is 1. The van der Waals surface area contributed by atoms with Crippen LogP contribution in [-0.4, -0.2) is 52.6 Å². The van der Waals surface area contributed by atoms with Crippen molar-refractivity contribution in [2.75, 3.05) is 38.9 Å². The van der Waals surface area contributed by atoms with Gasteiger partial charge in [-0.25, -0.2) is 8.42 Å². The molecule has 0 spiro atoms. The van der Waals surface area contributed by atoms with Gasteiger partial charge in [0.15, 0.2) is 5.75 Å². The lowest BCUT2D eigenvalue weighted by atomic mass is 10.1. The molecule has 0 amide bonds. The molecule has 2 rings (SSSR count). The van der Waals surface area contributed by atoms with Crippen LogP contribution in [0.4, 0.5) is 11.4 Å². The first-order valence-corrected chi connectivity index (χ1v) is 10.1. The number of benzene rings is 2. The van der Waals surface area contributed by atoms with Crippen LogP contribution in [0.1, 0.15) is 11.7 Å². The van der Waals surface area contributed by atoms with Gasteiger partial charge in [-0.1, -0.05) is 0 Å². The summed E-state index contributed by atoms with van der Waals surface area (Å²) in [6.45, 7) is 0. The van der Waals surface area contributed by atoms with Gasteiger partial charge in [0.05, 0.1) is 50.4 Å². The smallest absolute Gasteiger partial charge is 0.312 e. The second-order valence-corrected chi connectivity index (χ2v) is 7.76. The molecule has 12 heteroatoms. The summed E-state index contributed by atoms with van der Waals surface area (Å²) >= 11 is 0. The van der Waals surface area contributed by atoms with E-state index in [9.17, 15) is 23.6 Å². The predicted octanol–water partition coefficient (Wildman–Crippen LogP) is 2.10. The lowest BCUT2D eigenvalue weighted by Gasteiger charge is -2.19. The number of rotatable bonds is 10. The van der Waals surface area contributed by atoms with Crippen molar-refractivity contribution in [1.29, 1.82) is 0 Å². The summed E-state index contributed by atoms with van der Waals surface area (Å²) in [6, 6.07) is 6.56. The first-order valence-electron chi connectivity index (χ1n) is 8.46. The Labute approximate surface area is 173 Å². The molecule has 164 valence electrons. The molecule has 0 saturated heterocycles. The first-order chi connectivity index (χ1) is 14.1. The van der Waals surface area contributed by atoms with E-state index in [0.29, 0.717) is 5.75 Å². The number of hydrogen-bond donors (Lipinski definition) is 2. The second-order valence-electron chi connectivity index (χ2n) is 5.99. The Morgan fingerprint density at radius 3 is 2.03 bits per heavy atom. The number of methoxy groups -OCH3 is 4. The molecule has 0 fully saturated rings. The fraction of sp³-hybridized carbons (Fsp3) is 0.333. The maximum Gasteiger partial charge on any atom is 0.312 e. The minimum absolute atomic E-state index is 0.0179. The Morgan fingerprint density at radius 1 is 1.00 bits per heavy atom. The molecule has 0 saturated carbocycles. The van der Waals surface area contributed by atoms with E-state index in [0.717, 1.165) is 6.07 Å². The minimum atomic E-state index is -4.12. The summed E-state index contributed by atoms with van der Waals surface area (Å²) in [7, 11) is 1.29. The molecular formula is C18H22N2O9S. The number of sulfonamides is 1. The topological polar surface area (TPSA) is 146 Å². The quantitative estimate of drug-likeness (QED) is 0.417. The number of aliphatic hydroxyl groups is 1. The van der Waals surface area contributed by atoms with Crippen LogP contribution in [0.5, 0.6) is 23.0 Å². The molecule has 11 nitrogen and oxygen atoms in total. The molecule has 0 heterocycles. The predicted molar refractivity (Wildman–Crippen MR) is 108 cm³/mol. The summed E-state index contributed by atoms with van der Waals surface area (Å²) < 4.78 is 47.8. The molecule has 2 aromatic rings. The molecular weight excluding hydrogens is 420 g/mol. The van der Waals surface area contributed by atoms with Crippen LogP contribution in [0.2, 0.25) is 0 Å². The minimum Gasteiger partial charge on any atom is -0.496 e. The number of ether oxygens (including phenoxy) is 4. The summed E-state index contributed by atoms with van der Waals surface area (Å²) in [5.41, 5.74) is -0.341. The van der Waals surface area contributed by atoms with Gasteiger partial charge >= 0.3 is 5.69 Å². The molecule has 2 aromatic carbocycles. The number of anilines is 1. The van der Waals surface area contributed by atoms with Crippen molar-refractivity contribution in [3.8, 4) is 23.0 Å². The highest BCUT2D eigenvalue weighted by molar-refractivity contribution is 7.92. The van der Waals surface area contributed by atoms with Gasteiger partial charge in [0.2, 0.25) is 10.0 Å². The fourth-order valence-electron chi connectivity index (χ4n) is 2.77. The molecule has 2 N–H and O–H groups in total. The Balaban J connectivity index is 2.32. The first kappa shape index (κ1) is 23.0. The van der Waals surface area contributed by atoms with Crippen LogP contribution in [-0.2, 0) is 10.0 Å². The highest BCUT2D eigenvalue weighted by atomic mass is 32.2. The molecule has 30 heavy (non-hydrogen) atoms. The van der Waals surface area contributed by atoms with Crippen molar-refractivity contribution in [2.45, 2.75) is 6.10 Å². The zero-order valence-electron chi connectivity index (χ0n) is 16.7. The number of nitro benzene ring substituents is 1. The van der Waals surface area contributed by atoms with Crippen LogP contribution < -0.4 is 23.7 Å². The highest BCUT2D eigenvalue weighted by Gasteiger charge is 2.27. The fourth-order valence-corrected chi connectivity index (χ4v) is 3.92. The second kappa shape index (κ2) is 9.50. The molecule has 0 aliphatic rings. The average molecular weight is 442 g/mol. The Kier molecular flexibility index (Phi) is 7.29. The van der Waals surface area contributed by atoms with Gasteiger partial charge in [0, 0.05) is 18.2 Å². The van der Waals surface area contributed by atoms with Gasteiger partial charge in [-0.15, -0.1) is 0 Å². The Hall–Kier alpha value is -3.25. The van der Waals surface area contributed by atoms with Crippen molar-refractivity contribution >= 4 is 21.4 Å². The summed E-state index contributed by atoms with van der Waals surface area (Å²) in [5, 5.41) is 21.7. The SMILES string of the molecule is COc1cc(OC)c(C(O)CS(=O)(=O)Nc2ccc(OC)c([N+](=O)[O-])c2)c(OC)c1. The van der Waals surface area contributed by atoms with Crippen molar-refractivity contribution in [3.63, 3.8) is 0 Å². The van der Waals surface area contributed by atoms with Gasteiger partial charge in [-0.3, -0.25) is 14.8 Å². The highest BCUT2D eigenvalue weighted by Crippen LogP contribution is 2.39. The average Bonchev–Trinajstić information content (AvgIpc) is 2.71. The summed E-state index contributed by atoms with van der Waals surface area (Å²) in [4.78, 5) is 10.4. The lowest BCUT2D eigenvalue weighted by Crippen LogP contribution is -2.22. The molecule has 0 aromatic heterocycles. The van der Waals surface area contributed by atoms with E-state index in [1.165, 1.54) is 52.7 Å². The van der Waals surface area contributed by atoms with Gasteiger partial charge in [-0.05, 0) is 12.1 Å². The maximum absolute atomic E-state index is 12.6. The molecule has 0 aliphatic heterocycles. The van der Waals surface area contributed by atoms with E-state index in [2.05, 4.69) is 4.72 Å². The van der Waals surface area contributed by atoms with Gasteiger partial charge in [0.25, 0.3) is 0 Å². The Bertz CT molecular complexity index is 999. The number of aliphatic hydroxyl groups excluding tert-OH is 1. The van der Waals surface area contributed by atoms with Gasteiger partial charge < -0.3 is 24.1 Å². The third-order valence-corrected chi connectivity index (χ3v) is 5.41.